The largest absolute Gasteiger partial charge is 0.309 e. The lowest BCUT2D eigenvalue weighted by Gasteiger charge is -2.37. The lowest BCUT2D eigenvalue weighted by atomic mass is 9.85. The van der Waals surface area contributed by atoms with Gasteiger partial charge in [-0.2, -0.15) is 0 Å². The third-order valence-corrected chi connectivity index (χ3v) is 3.21. The van der Waals surface area contributed by atoms with E-state index in [2.05, 4.69) is 5.32 Å². The second-order valence-corrected chi connectivity index (χ2v) is 3.90. The topological polar surface area (TPSA) is 12.0 Å². The molecule has 0 radical (unpaired) electrons. The highest BCUT2D eigenvalue weighted by molar-refractivity contribution is 5.85. The molecular formula is C9H17ClFN. The molecule has 1 saturated heterocycles. The monoisotopic (exact) mass is 193 g/mol. The molecule has 2 rings (SSSR count). The van der Waals surface area contributed by atoms with Crippen molar-refractivity contribution in [3.05, 3.63) is 0 Å². The van der Waals surface area contributed by atoms with Crippen molar-refractivity contribution in [2.45, 2.75) is 50.2 Å². The SMILES string of the molecule is Cl.FC1CCCNC12CCCC2. The Bertz CT molecular complexity index is 145. The third kappa shape index (κ3) is 1.60. The Kier molecular flexibility index (Phi) is 3.36. The second kappa shape index (κ2) is 3.93. The summed E-state index contributed by atoms with van der Waals surface area (Å²) in [5, 5.41) is 3.37. The van der Waals surface area contributed by atoms with Gasteiger partial charge < -0.3 is 5.32 Å². The van der Waals surface area contributed by atoms with Crippen LogP contribution in [0.5, 0.6) is 0 Å². The molecule has 1 heterocycles. The van der Waals surface area contributed by atoms with Crippen molar-refractivity contribution in [2.24, 2.45) is 0 Å². The molecule has 3 heteroatoms. The highest BCUT2D eigenvalue weighted by Crippen LogP contribution is 2.37. The lowest BCUT2D eigenvalue weighted by molar-refractivity contribution is 0.112. The number of halogens is 2. The zero-order valence-corrected chi connectivity index (χ0v) is 8.13. The van der Waals surface area contributed by atoms with Gasteiger partial charge in [0.15, 0.2) is 0 Å². The minimum absolute atomic E-state index is 0. The zero-order chi connectivity index (χ0) is 7.73. The van der Waals surface area contributed by atoms with Crippen molar-refractivity contribution >= 4 is 12.4 Å². The van der Waals surface area contributed by atoms with Gasteiger partial charge >= 0.3 is 0 Å². The first-order valence-electron chi connectivity index (χ1n) is 4.73. The van der Waals surface area contributed by atoms with Crippen LogP contribution < -0.4 is 5.32 Å². The fourth-order valence-corrected chi connectivity index (χ4v) is 2.50. The first-order valence-corrected chi connectivity index (χ1v) is 4.73. The molecule has 1 atom stereocenters. The normalized spacial score (nSPS) is 33.2. The lowest BCUT2D eigenvalue weighted by Crippen LogP contribution is -2.54. The van der Waals surface area contributed by atoms with E-state index in [1.54, 1.807) is 0 Å². The first kappa shape index (κ1) is 10.3. The number of piperidine rings is 1. The molecule has 12 heavy (non-hydrogen) atoms. The summed E-state index contributed by atoms with van der Waals surface area (Å²) in [4.78, 5) is 0. The molecule has 72 valence electrons. The van der Waals surface area contributed by atoms with Crippen molar-refractivity contribution < 1.29 is 4.39 Å². The van der Waals surface area contributed by atoms with E-state index >= 15 is 0 Å². The summed E-state index contributed by atoms with van der Waals surface area (Å²) < 4.78 is 13.5. The highest BCUT2D eigenvalue weighted by Gasteiger charge is 2.42. The molecule has 1 saturated carbocycles. The van der Waals surface area contributed by atoms with Crippen molar-refractivity contribution in [2.75, 3.05) is 6.54 Å². The van der Waals surface area contributed by atoms with E-state index in [1.807, 2.05) is 0 Å². The molecule has 0 amide bonds. The number of alkyl halides is 1. The standard InChI is InChI=1S/C9H16FN.ClH/c10-8-4-3-7-11-9(8)5-1-2-6-9;/h8,11H,1-7H2;1H. The van der Waals surface area contributed by atoms with Crippen LogP contribution in [0.25, 0.3) is 0 Å². The van der Waals surface area contributed by atoms with Gasteiger partial charge in [0, 0.05) is 5.54 Å². The predicted molar refractivity (Wildman–Crippen MR) is 50.6 cm³/mol. The Morgan fingerprint density at radius 1 is 1.17 bits per heavy atom. The van der Waals surface area contributed by atoms with Crippen molar-refractivity contribution in [1.82, 2.24) is 5.32 Å². The van der Waals surface area contributed by atoms with Crippen LogP contribution >= 0.6 is 12.4 Å². The van der Waals surface area contributed by atoms with Gasteiger partial charge in [0.2, 0.25) is 0 Å². The maximum Gasteiger partial charge on any atom is 0.118 e. The summed E-state index contributed by atoms with van der Waals surface area (Å²) in [6.45, 7) is 1.03. The van der Waals surface area contributed by atoms with E-state index in [0.717, 1.165) is 32.2 Å². The minimum atomic E-state index is -0.571. The molecule has 2 aliphatic rings. The van der Waals surface area contributed by atoms with Crippen LogP contribution in [0.4, 0.5) is 4.39 Å². The van der Waals surface area contributed by atoms with Crippen LogP contribution in [-0.4, -0.2) is 18.3 Å². The number of hydrogen-bond donors (Lipinski definition) is 1. The Morgan fingerprint density at radius 3 is 2.42 bits per heavy atom. The molecule has 0 aromatic carbocycles. The van der Waals surface area contributed by atoms with Crippen LogP contribution in [0.2, 0.25) is 0 Å². The van der Waals surface area contributed by atoms with Gasteiger partial charge in [-0.3, -0.25) is 0 Å². The zero-order valence-electron chi connectivity index (χ0n) is 7.31. The van der Waals surface area contributed by atoms with Crippen molar-refractivity contribution in [3.63, 3.8) is 0 Å². The van der Waals surface area contributed by atoms with Gasteiger partial charge in [0.1, 0.15) is 6.17 Å². The summed E-state index contributed by atoms with van der Waals surface area (Å²) in [5.41, 5.74) is -0.0851. The van der Waals surface area contributed by atoms with E-state index in [0.29, 0.717) is 0 Å². The van der Waals surface area contributed by atoms with Crippen LogP contribution in [-0.2, 0) is 0 Å². The Labute approximate surface area is 79.5 Å². The quantitative estimate of drug-likeness (QED) is 0.623. The molecule has 0 aromatic rings. The van der Waals surface area contributed by atoms with Gasteiger partial charge in [0.05, 0.1) is 0 Å². The van der Waals surface area contributed by atoms with Crippen molar-refractivity contribution in [1.29, 1.82) is 0 Å². The highest BCUT2D eigenvalue weighted by atomic mass is 35.5. The number of rotatable bonds is 0. The minimum Gasteiger partial charge on any atom is -0.309 e. The van der Waals surface area contributed by atoms with E-state index in [-0.39, 0.29) is 17.9 Å². The molecule has 1 spiro atoms. The molecule has 2 fully saturated rings. The summed E-state index contributed by atoms with van der Waals surface area (Å²) >= 11 is 0. The molecule has 0 bridgehead atoms. The Morgan fingerprint density at radius 2 is 1.83 bits per heavy atom. The maximum atomic E-state index is 13.5. The number of hydrogen-bond acceptors (Lipinski definition) is 1. The molecule has 1 aliphatic heterocycles. The van der Waals surface area contributed by atoms with Gasteiger partial charge in [-0.25, -0.2) is 4.39 Å². The smallest absolute Gasteiger partial charge is 0.118 e. The maximum absolute atomic E-state index is 13.5. The fourth-order valence-electron chi connectivity index (χ4n) is 2.50. The predicted octanol–water partition coefficient (Wildman–Crippen LogP) is 2.44. The average Bonchev–Trinajstić information content (AvgIpc) is 2.46. The van der Waals surface area contributed by atoms with Crippen LogP contribution in [0.1, 0.15) is 38.5 Å². The van der Waals surface area contributed by atoms with Crippen LogP contribution in [0, 0.1) is 0 Å². The Balaban J connectivity index is 0.000000720. The van der Waals surface area contributed by atoms with E-state index in [4.69, 9.17) is 0 Å². The fraction of sp³-hybridized carbons (Fsp3) is 1.00. The van der Waals surface area contributed by atoms with Crippen LogP contribution in [0.15, 0.2) is 0 Å². The van der Waals surface area contributed by atoms with Crippen LogP contribution in [0.3, 0.4) is 0 Å². The molecular weight excluding hydrogens is 177 g/mol. The molecule has 1 aliphatic carbocycles. The van der Waals surface area contributed by atoms with Gasteiger partial charge in [-0.15, -0.1) is 12.4 Å². The summed E-state index contributed by atoms with van der Waals surface area (Å²) in [6, 6.07) is 0. The summed E-state index contributed by atoms with van der Waals surface area (Å²) in [6.07, 6.45) is 5.79. The summed E-state index contributed by atoms with van der Waals surface area (Å²) in [5.74, 6) is 0. The molecule has 1 N–H and O–H groups in total. The van der Waals surface area contributed by atoms with Gasteiger partial charge in [-0.1, -0.05) is 12.8 Å². The summed E-state index contributed by atoms with van der Waals surface area (Å²) in [7, 11) is 0. The van der Waals surface area contributed by atoms with Gasteiger partial charge in [0.25, 0.3) is 0 Å². The molecule has 0 aromatic heterocycles. The van der Waals surface area contributed by atoms with Crippen molar-refractivity contribution in [3.8, 4) is 0 Å². The molecule has 1 unspecified atom stereocenters. The Hall–Kier alpha value is 0.180. The third-order valence-electron chi connectivity index (χ3n) is 3.21. The average molecular weight is 194 g/mol. The van der Waals surface area contributed by atoms with E-state index in [9.17, 15) is 4.39 Å². The van der Waals surface area contributed by atoms with Gasteiger partial charge in [-0.05, 0) is 32.2 Å². The molecule has 1 nitrogen and oxygen atoms in total. The van der Waals surface area contributed by atoms with E-state index < -0.39 is 6.17 Å². The second-order valence-electron chi connectivity index (χ2n) is 3.90. The number of nitrogens with one attached hydrogen (secondary N) is 1. The first-order chi connectivity index (χ1) is 5.33. The van der Waals surface area contributed by atoms with E-state index in [1.165, 1.54) is 12.8 Å².